The van der Waals surface area contributed by atoms with Crippen LogP contribution in [0.15, 0.2) is 65.4 Å². The maximum Gasteiger partial charge on any atom is 0.352 e. The summed E-state index contributed by atoms with van der Waals surface area (Å²) in [6.07, 6.45) is 2.60. The zero-order chi connectivity index (χ0) is 21.7. The number of thiophene rings is 2. The van der Waals surface area contributed by atoms with Crippen molar-refractivity contribution in [3.05, 3.63) is 75.1 Å². The molecule has 31 heavy (non-hydrogen) atoms. The van der Waals surface area contributed by atoms with Crippen molar-refractivity contribution in [2.45, 2.75) is 44.1 Å². The van der Waals surface area contributed by atoms with Gasteiger partial charge in [0.25, 0.3) is 6.29 Å². The van der Waals surface area contributed by atoms with Crippen LogP contribution < -0.4 is 4.74 Å². The largest absolute Gasteiger partial charge is 0.453 e. The van der Waals surface area contributed by atoms with Crippen LogP contribution in [0.4, 0.5) is 0 Å². The van der Waals surface area contributed by atoms with Crippen LogP contribution in [0.25, 0.3) is 0 Å². The number of piperidine rings is 1. The molecule has 5 nitrogen and oxygen atoms in total. The fraction of sp³-hybridized carbons (Fsp3) is 0.375. The fourth-order valence-electron chi connectivity index (χ4n) is 3.83. The number of hydrogen-bond acceptors (Lipinski definition) is 7. The van der Waals surface area contributed by atoms with Gasteiger partial charge in [-0.3, -0.25) is 4.90 Å². The molecule has 2 aromatic heterocycles. The van der Waals surface area contributed by atoms with E-state index in [1.807, 2.05) is 60.1 Å². The van der Waals surface area contributed by atoms with Gasteiger partial charge in [-0.05, 0) is 67.9 Å². The molecule has 164 valence electrons. The summed E-state index contributed by atoms with van der Waals surface area (Å²) in [6.45, 7) is 3.89. The van der Waals surface area contributed by atoms with E-state index in [4.69, 9.17) is 9.47 Å². The summed E-state index contributed by atoms with van der Waals surface area (Å²) in [7, 11) is 0. The Labute approximate surface area is 190 Å². The van der Waals surface area contributed by atoms with E-state index in [-0.39, 0.29) is 6.04 Å². The van der Waals surface area contributed by atoms with Crippen LogP contribution in [0.2, 0.25) is 0 Å². The topological polar surface area (TPSA) is 59.0 Å². The summed E-state index contributed by atoms with van der Waals surface area (Å²) in [5, 5.41) is 15.3. The second-order valence-corrected chi connectivity index (χ2v) is 9.60. The average molecular weight is 458 g/mol. The summed E-state index contributed by atoms with van der Waals surface area (Å²) < 4.78 is 12.1. The van der Waals surface area contributed by atoms with E-state index in [9.17, 15) is 9.90 Å². The Morgan fingerprint density at radius 3 is 2.13 bits per heavy atom. The van der Waals surface area contributed by atoms with Crippen LogP contribution >= 0.6 is 22.7 Å². The molecule has 4 rings (SSSR count). The van der Waals surface area contributed by atoms with Crippen molar-refractivity contribution in [1.29, 1.82) is 0 Å². The first-order valence-electron chi connectivity index (χ1n) is 10.6. The Kier molecular flexibility index (Phi) is 7.07. The van der Waals surface area contributed by atoms with Gasteiger partial charge in [-0.1, -0.05) is 36.8 Å². The lowest BCUT2D eigenvalue weighted by atomic mass is 10.00. The highest BCUT2D eigenvalue weighted by Crippen LogP contribution is 2.37. The molecule has 0 radical (unpaired) electrons. The number of benzene rings is 1. The molecule has 1 aliphatic rings. The predicted octanol–water partition coefficient (Wildman–Crippen LogP) is 4.87. The van der Waals surface area contributed by atoms with Crippen molar-refractivity contribution in [3.63, 3.8) is 0 Å². The Bertz CT molecular complexity index is 903. The number of aliphatic hydroxyl groups is 1. The third kappa shape index (κ3) is 4.85. The molecular formula is C24H27NO4S2. The van der Waals surface area contributed by atoms with Crippen molar-refractivity contribution in [1.82, 2.24) is 4.90 Å². The van der Waals surface area contributed by atoms with Crippen molar-refractivity contribution in [2.24, 2.45) is 0 Å². The number of para-hydroxylation sites is 1. The second kappa shape index (κ2) is 9.96. The Balaban J connectivity index is 1.62. The molecule has 1 aromatic carbocycles. The summed E-state index contributed by atoms with van der Waals surface area (Å²) in [5.74, 6) is -0.0952. The van der Waals surface area contributed by atoms with Gasteiger partial charge in [-0.25, -0.2) is 4.79 Å². The number of likely N-dealkylation sites (tertiary alicyclic amines) is 1. The average Bonchev–Trinajstić information content (AvgIpc) is 3.54. The van der Waals surface area contributed by atoms with Gasteiger partial charge in [0, 0.05) is 0 Å². The van der Waals surface area contributed by atoms with E-state index in [0.717, 1.165) is 25.9 Å². The van der Waals surface area contributed by atoms with Crippen LogP contribution in [-0.4, -0.2) is 41.4 Å². The van der Waals surface area contributed by atoms with E-state index in [0.29, 0.717) is 15.5 Å². The molecule has 1 saturated heterocycles. The number of carbonyl (C=O) groups is 1. The number of rotatable bonds is 8. The molecule has 1 fully saturated rings. The third-order valence-electron chi connectivity index (χ3n) is 5.63. The van der Waals surface area contributed by atoms with Gasteiger partial charge in [0.1, 0.15) is 5.75 Å². The van der Waals surface area contributed by atoms with Crippen molar-refractivity contribution >= 4 is 28.6 Å². The molecule has 0 amide bonds. The summed E-state index contributed by atoms with van der Waals surface area (Å²) in [6, 6.07) is 16.4. The van der Waals surface area contributed by atoms with E-state index < -0.39 is 17.9 Å². The minimum Gasteiger partial charge on any atom is -0.453 e. The summed E-state index contributed by atoms with van der Waals surface area (Å²) >= 11 is 2.66. The molecule has 2 atom stereocenters. The smallest absolute Gasteiger partial charge is 0.352 e. The quantitative estimate of drug-likeness (QED) is 0.386. The molecule has 1 N–H and O–H groups in total. The van der Waals surface area contributed by atoms with E-state index >= 15 is 0 Å². The fourth-order valence-corrected chi connectivity index (χ4v) is 5.55. The van der Waals surface area contributed by atoms with Gasteiger partial charge >= 0.3 is 5.97 Å². The first-order valence-corrected chi connectivity index (χ1v) is 12.3. The molecule has 0 spiro atoms. The van der Waals surface area contributed by atoms with Crippen LogP contribution in [0.3, 0.4) is 0 Å². The zero-order valence-corrected chi connectivity index (χ0v) is 19.1. The molecule has 2 unspecified atom stereocenters. The van der Waals surface area contributed by atoms with Crippen LogP contribution in [0.5, 0.6) is 5.75 Å². The lowest BCUT2D eigenvalue weighted by Crippen LogP contribution is -2.50. The SMILES string of the molecule is CC(C(OC(=O)C(O)(c1cccs1)c1cccs1)Oc1ccccc1)N1CCCCC1. The highest BCUT2D eigenvalue weighted by Gasteiger charge is 2.46. The van der Waals surface area contributed by atoms with Crippen molar-refractivity contribution in [3.8, 4) is 5.75 Å². The van der Waals surface area contributed by atoms with Gasteiger partial charge < -0.3 is 14.6 Å². The minimum atomic E-state index is -1.86. The molecule has 7 heteroatoms. The van der Waals surface area contributed by atoms with E-state index in [1.165, 1.54) is 29.1 Å². The zero-order valence-electron chi connectivity index (χ0n) is 17.5. The lowest BCUT2D eigenvalue weighted by Gasteiger charge is -2.37. The Hall–Kier alpha value is -2.19. The van der Waals surface area contributed by atoms with Crippen LogP contribution in [-0.2, 0) is 15.1 Å². The second-order valence-electron chi connectivity index (χ2n) is 7.71. The Morgan fingerprint density at radius 2 is 1.58 bits per heavy atom. The normalized spacial score (nSPS) is 17.1. The van der Waals surface area contributed by atoms with Gasteiger partial charge in [0.2, 0.25) is 5.60 Å². The third-order valence-corrected chi connectivity index (χ3v) is 7.59. The van der Waals surface area contributed by atoms with Crippen LogP contribution in [0.1, 0.15) is 35.9 Å². The predicted molar refractivity (Wildman–Crippen MR) is 123 cm³/mol. The van der Waals surface area contributed by atoms with Crippen molar-refractivity contribution in [2.75, 3.05) is 13.1 Å². The molecule has 1 aliphatic heterocycles. The highest BCUT2D eigenvalue weighted by molar-refractivity contribution is 7.12. The molecule has 3 heterocycles. The number of carbonyl (C=O) groups excluding carboxylic acids is 1. The Morgan fingerprint density at radius 1 is 0.968 bits per heavy atom. The van der Waals surface area contributed by atoms with Crippen LogP contribution in [0, 0.1) is 0 Å². The van der Waals surface area contributed by atoms with Gasteiger partial charge in [0.05, 0.1) is 15.8 Å². The molecule has 0 saturated carbocycles. The monoisotopic (exact) mass is 457 g/mol. The van der Waals surface area contributed by atoms with Crippen molar-refractivity contribution < 1.29 is 19.4 Å². The molecule has 0 bridgehead atoms. The van der Waals surface area contributed by atoms with Gasteiger partial charge in [0.15, 0.2) is 0 Å². The number of nitrogens with zero attached hydrogens (tertiary/aromatic N) is 1. The first kappa shape index (κ1) is 22.0. The number of hydrogen-bond donors (Lipinski definition) is 1. The number of esters is 1. The lowest BCUT2D eigenvalue weighted by molar-refractivity contribution is -0.190. The summed E-state index contributed by atoms with van der Waals surface area (Å²) in [4.78, 5) is 16.8. The maximum atomic E-state index is 13.5. The van der Waals surface area contributed by atoms with Gasteiger partial charge in [-0.15, -0.1) is 22.7 Å². The number of ether oxygens (including phenoxy) is 2. The molecule has 0 aliphatic carbocycles. The maximum absolute atomic E-state index is 13.5. The summed E-state index contributed by atoms with van der Waals surface area (Å²) in [5.41, 5.74) is -1.86. The minimum absolute atomic E-state index is 0.152. The molecule has 3 aromatic rings. The van der Waals surface area contributed by atoms with Gasteiger partial charge in [-0.2, -0.15) is 0 Å². The van der Waals surface area contributed by atoms with E-state index in [2.05, 4.69) is 4.90 Å². The highest BCUT2D eigenvalue weighted by atomic mass is 32.1. The van der Waals surface area contributed by atoms with E-state index in [1.54, 1.807) is 12.1 Å². The molecular weight excluding hydrogens is 430 g/mol. The first-order chi connectivity index (χ1) is 15.1. The standard InChI is InChI=1S/C24H27NO4S2/c1-18(25-14-6-3-7-15-25)22(28-19-10-4-2-5-11-19)29-23(26)24(27,20-12-8-16-30-20)21-13-9-17-31-21/h2,4-5,8-13,16-18,22,27H,3,6-7,14-15H2,1H3.